The van der Waals surface area contributed by atoms with Crippen molar-refractivity contribution in [2.75, 3.05) is 20.3 Å². The molecule has 2 aromatic rings. The first-order valence-corrected chi connectivity index (χ1v) is 14.0. The van der Waals surface area contributed by atoms with E-state index in [2.05, 4.69) is 60.7 Å². The number of benzene rings is 2. The minimum absolute atomic E-state index is 0.00861. The van der Waals surface area contributed by atoms with E-state index < -0.39 is 0 Å². The van der Waals surface area contributed by atoms with E-state index in [1.165, 1.54) is 18.2 Å². The lowest BCUT2D eigenvalue weighted by atomic mass is 9.90. The van der Waals surface area contributed by atoms with Crippen LogP contribution in [0.1, 0.15) is 56.9 Å². The van der Waals surface area contributed by atoms with Gasteiger partial charge in [-0.15, -0.1) is 0 Å². The average Bonchev–Trinajstić information content (AvgIpc) is 3.30. The monoisotopic (exact) mass is 522 g/mol. The Balaban J connectivity index is 1.37. The Morgan fingerprint density at radius 2 is 1.79 bits per heavy atom. The molecule has 4 rings (SSSR count). The largest absolute Gasteiger partial charge is 0.469 e. The number of hydrogen-bond acceptors (Lipinski definition) is 6. The summed E-state index contributed by atoms with van der Waals surface area (Å²) in [6.45, 7) is 1.31. The average molecular weight is 523 g/mol. The molecular formula is C32H42O6. The molecular weight excluding hydrogens is 480 g/mol. The fraction of sp³-hybridized carbons (Fsp3) is 0.531. The fourth-order valence-corrected chi connectivity index (χ4v) is 5.54. The molecule has 6 nitrogen and oxygen atoms in total. The molecule has 1 aliphatic carbocycles. The number of esters is 1. The van der Waals surface area contributed by atoms with Crippen LogP contribution in [0.3, 0.4) is 0 Å². The Hall–Kier alpha value is -2.51. The molecule has 1 heterocycles. The summed E-state index contributed by atoms with van der Waals surface area (Å²) in [5, 5.41) is 10.4. The van der Waals surface area contributed by atoms with E-state index in [9.17, 15) is 9.90 Å². The minimum atomic E-state index is -0.193. The summed E-state index contributed by atoms with van der Waals surface area (Å²) in [5.74, 6) is -0.0375. The standard InChI is InChI=1S/C32H42O6/c1-35-31(34)14-8-3-2-7-13-27-28(22-33)30(38-32-15-9-10-20-36-32)21-29(27)37-23-24-16-18-26(19-17-24)25-11-5-4-6-12-25/h2,4-7,11-12,16-19,27-30,32-33H,3,8-10,13-15,20-23H2,1H3/b7-2-/t27-,28-,29+,30-,32?/m1/s1. The first kappa shape index (κ1) is 28.5. The molecule has 6 heteroatoms. The van der Waals surface area contributed by atoms with Crippen LogP contribution < -0.4 is 0 Å². The number of rotatable bonds is 13. The lowest BCUT2D eigenvalue weighted by Crippen LogP contribution is -2.33. The van der Waals surface area contributed by atoms with Crippen molar-refractivity contribution < 1.29 is 28.8 Å². The van der Waals surface area contributed by atoms with Gasteiger partial charge in [0.1, 0.15) is 0 Å². The highest BCUT2D eigenvalue weighted by Gasteiger charge is 2.44. The third-order valence-corrected chi connectivity index (χ3v) is 7.72. The van der Waals surface area contributed by atoms with E-state index in [0.29, 0.717) is 13.0 Å². The summed E-state index contributed by atoms with van der Waals surface area (Å²) in [6, 6.07) is 18.9. The molecule has 2 aliphatic rings. The van der Waals surface area contributed by atoms with Crippen molar-refractivity contribution in [2.45, 2.75) is 76.5 Å². The number of carbonyl (C=O) groups excluding carboxylic acids is 1. The van der Waals surface area contributed by atoms with Gasteiger partial charge in [-0.05, 0) is 61.1 Å². The van der Waals surface area contributed by atoms with Crippen LogP contribution in [0.5, 0.6) is 0 Å². The molecule has 1 saturated carbocycles. The summed E-state index contributed by atoms with van der Waals surface area (Å²) < 4.78 is 23.4. The maximum atomic E-state index is 11.3. The number of methoxy groups -OCH3 is 1. The zero-order valence-corrected chi connectivity index (χ0v) is 22.5. The second-order valence-electron chi connectivity index (χ2n) is 10.3. The Morgan fingerprint density at radius 1 is 1.00 bits per heavy atom. The number of carbonyl (C=O) groups is 1. The van der Waals surface area contributed by atoms with Crippen LogP contribution in [0.25, 0.3) is 11.1 Å². The van der Waals surface area contributed by atoms with Crippen molar-refractivity contribution in [1.29, 1.82) is 0 Å². The normalized spacial score (nSPS) is 25.6. The molecule has 1 saturated heterocycles. The highest BCUT2D eigenvalue weighted by atomic mass is 16.7. The van der Waals surface area contributed by atoms with Crippen LogP contribution in [0.2, 0.25) is 0 Å². The number of allylic oxidation sites excluding steroid dienone is 2. The Kier molecular flexibility index (Phi) is 11.4. The van der Waals surface area contributed by atoms with E-state index in [-0.39, 0.29) is 42.9 Å². The first-order valence-electron chi connectivity index (χ1n) is 14.0. The third kappa shape index (κ3) is 8.24. The van der Waals surface area contributed by atoms with Gasteiger partial charge in [0.15, 0.2) is 6.29 Å². The van der Waals surface area contributed by atoms with Crippen molar-refractivity contribution in [3.05, 3.63) is 72.3 Å². The van der Waals surface area contributed by atoms with Gasteiger partial charge in [-0.25, -0.2) is 0 Å². The first-order chi connectivity index (χ1) is 18.7. The van der Waals surface area contributed by atoms with E-state index in [1.54, 1.807) is 0 Å². The summed E-state index contributed by atoms with van der Waals surface area (Å²) >= 11 is 0. The predicted octanol–water partition coefficient (Wildman–Crippen LogP) is 6.07. The van der Waals surface area contributed by atoms with Gasteiger partial charge in [-0.2, -0.15) is 0 Å². The Morgan fingerprint density at radius 3 is 2.50 bits per heavy atom. The summed E-state index contributed by atoms with van der Waals surface area (Å²) in [5.41, 5.74) is 3.51. The molecule has 0 bridgehead atoms. The number of aliphatic hydroxyl groups is 1. The second kappa shape index (κ2) is 15.2. The van der Waals surface area contributed by atoms with E-state index in [0.717, 1.165) is 57.1 Å². The molecule has 38 heavy (non-hydrogen) atoms. The lowest BCUT2D eigenvalue weighted by Gasteiger charge is -2.29. The van der Waals surface area contributed by atoms with Crippen molar-refractivity contribution in [3.63, 3.8) is 0 Å². The Labute approximate surface area is 226 Å². The van der Waals surface area contributed by atoms with Gasteiger partial charge in [0, 0.05) is 32.0 Å². The summed E-state index contributed by atoms with van der Waals surface area (Å²) in [4.78, 5) is 11.3. The maximum absolute atomic E-state index is 11.3. The van der Waals surface area contributed by atoms with E-state index in [1.807, 2.05) is 6.07 Å². The maximum Gasteiger partial charge on any atom is 0.305 e. The van der Waals surface area contributed by atoms with Gasteiger partial charge in [-0.1, -0.05) is 66.7 Å². The van der Waals surface area contributed by atoms with Crippen LogP contribution in [0.15, 0.2) is 66.7 Å². The number of hydrogen-bond donors (Lipinski definition) is 1. The predicted molar refractivity (Wildman–Crippen MR) is 147 cm³/mol. The molecule has 0 amide bonds. The lowest BCUT2D eigenvalue weighted by molar-refractivity contribution is -0.198. The second-order valence-corrected chi connectivity index (χ2v) is 10.3. The third-order valence-electron chi connectivity index (χ3n) is 7.72. The van der Waals surface area contributed by atoms with Crippen LogP contribution in [0.4, 0.5) is 0 Å². The highest BCUT2D eigenvalue weighted by Crippen LogP contribution is 2.40. The zero-order valence-electron chi connectivity index (χ0n) is 22.5. The van der Waals surface area contributed by atoms with Crippen molar-refractivity contribution in [1.82, 2.24) is 0 Å². The Bertz CT molecular complexity index is 983. The van der Waals surface area contributed by atoms with Gasteiger partial charge in [0.2, 0.25) is 0 Å². The molecule has 206 valence electrons. The molecule has 5 atom stereocenters. The van der Waals surface area contributed by atoms with E-state index >= 15 is 0 Å². The molecule has 1 N–H and O–H groups in total. The van der Waals surface area contributed by atoms with Gasteiger partial charge >= 0.3 is 5.97 Å². The molecule has 0 spiro atoms. The summed E-state index contributed by atoms with van der Waals surface area (Å²) in [6.07, 6.45) is 10.6. The number of unbranched alkanes of at least 4 members (excludes halogenated alkanes) is 1. The highest BCUT2D eigenvalue weighted by molar-refractivity contribution is 5.69. The smallest absolute Gasteiger partial charge is 0.305 e. The van der Waals surface area contributed by atoms with Crippen LogP contribution in [-0.4, -0.2) is 49.9 Å². The molecule has 2 aromatic carbocycles. The molecule has 2 fully saturated rings. The van der Waals surface area contributed by atoms with Crippen molar-refractivity contribution in [3.8, 4) is 11.1 Å². The van der Waals surface area contributed by atoms with Gasteiger partial charge < -0.3 is 24.1 Å². The SMILES string of the molecule is COC(=O)CCC/C=C\C[C@@H]1[C@@H](CO)[C@H](OC2CCCCO2)C[C@@H]1OCc1ccc(-c2ccccc2)cc1. The van der Waals surface area contributed by atoms with E-state index in [4.69, 9.17) is 18.9 Å². The molecule has 1 aliphatic heterocycles. The van der Waals surface area contributed by atoms with Gasteiger partial charge in [0.05, 0.1) is 25.9 Å². The van der Waals surface area contributed by atoms with Gasteiger partial charge in [-0.3, -0.25) is 4.79 Å². The molecule has 0 aromatic heterocycles. The molecule has 1 unspecified atom stereocenters. The number of ether oxygens (including phenoxy) is 4. The summed E-state index contributed by atoms with van der Waals surface area (Å²) in [7, 11) is 1.42. The minimum Gasteiger partial charge on any atom is -0.469 e. The van der Waals surface area contributed by atoms with Crippen LogP contribution in [0, 0.1) is 11.8 Å². The quantitative estimate of drug-likeness (QED) is 0.196. The molecule has 0 radical (unpaired) electrons. The van der Waals surface area contributed by atoms with Crippen molar-refractivity contribution >= 4 is 5.97 Å². The topological polar surface area (TPSA) is 74.2 Å². The number of aliphatic hydroxyl groups excluding tert-OH is 1. The van der Waals surface area contributed by atoms with Crippen LogP contribution in [-0.2, 0) is 30.3 Å². The van der Waals surface area contributed by atoms with Gasteiger partial charge in [0.25, 0.3) is 0 Å². The van der Waals surface area contributed by atoms with Crippen LogP contribution >= 0.6 is 0 Å². The van der Waals surface area contributed by atoms with Crippen molar-refractivity contribution in [2.24, 2.45) is 11.8 Å². The fourth-order valence-electron chi connectivity index (χ4n) is 5.54. The zero-order chi connectivity index (χ0) is 26.6.